The summed E-state index contributed by atoms with van der Waals surface area (Å²) >= 11 is 12.1. The van der Waals surface area contributed by atoms with Crippen LogP contribution in [0.25, 0.3) is 0 Å². The van der Waals surface area contributed by atoms with Crippen LogP contribution in [0.15, 0.2) is 54.6 Å². The second-order valence-electron chi connectivity index (χ2n) is 8.86. The van der Waals surface area contributed by atoms with E-state index in [9.17, 15) is 24.8 Å². The fourth-order valence-electron chi connectivity index (χ4n) is 3.24. The number of nitrogens with one attached hydrogen (secondary N) is 1. The van der Waals surface area contributed by atoms with Crippen molar-refractivity contribution in [3.63, 3.8) is 0 Å². The van der Waals surface area contributed by atoms with Gasteiger partial charge in [-0.25, -0.2) is 0 Å². The first-order valence-corrected chi connectivity index (χ1v) is 12.0. The number of ketones is 1. The van der Waals surface area contributed by atoms with Gasteiger partial charge >= 0.3 is 5.97 Å². The number of carboxylic acids is 1. The zero-order chi connectivity index (χ0) is 28.0. The van der Waals surface area contributed by atoms with Gasteiger partial charge in [-0.2, -0.15) is 5.26 Å². The number of amides is 1. The van der Waals surface area contributed by atoms with Crippen molar-refractivity contribution in [2.24, 2.45) is 5.41 Å². The molecule has 1 amide bonds. The highest BCUT2D eigenvalue weighted by molar-refractivity contribution is 6.32. The Bertz CT molecular complexity index is 1540. The zero-order valence-electron chi connectivity index (χ0n) is 20.7. The summed E-state index contributed by atoms with van der Waals surface area (Å²) in [6.45, 7) is 4.42. The summed E-state index contributed by atoms with van der Waals surface area (Å²) < 4.78 is 5.65. The summed E-state index contributed by atoms with van der Waals surface area (Å²) in [5.41, 5.74) is 1.17. The quantitative estimate of drug-likeness (QED) is 0.281. The fraction of sp³-hybridized carbons (Fsp3) is 0.172. The molecule has 0 aliphatic heterocycles. The molecule has 3 aromatic carbocycles. The van der Waals surface area contributed by atoms with Crippen LogP contribution in [-0.4, -0.2) is 29.4 Å². The molecule has 3 rings (SSSR count). The second kappa shape index (κ2) is 11.8. The van der Waals surface area contributed by atoms with Gasteiger partial charge in [0.2, 0.25) is 0 Å². The third kappa shape index (κ3) is 7.14. The van der Waals surface area contributed by atoms with E-state index >= 15 is 0 Å². The molecule has 0 saturated heterocycles. The summed E-state index contributed by atoms with van der Waals surface area (Å²) in [7, 11) is 0. The first-order chi connectivity index (χ1) is 17.9. The summed E-state index contributed by atoms with van der Waals surface area (Å²) in [5, 5.41) is 21.6. The van der Waals surface area contributed by atoms with Gasteiger partial charge in [0.05, 0.1) is 17.2 Å². The van der Waals surface area contributed by atoms with E-state index in [1.165, 1.54) is 50.2 Å². The molecule has 0 unspecified atom stereocenters. The van der Waals surface area contributed by atoms with Crippen LogP contribution in [0.1, 0.15) is 46.5 Å². The molecule has 2 N–H and O–H groups in total. The summed E-state index contributed by atoms with van der Waals surface area (Å²) in [4.78, 5) is 37.0. The number of aryl methyl sites for hydroxylation is 1. The second-order valence-corrected chi connectivity index (χ2v) is 9.73. The number of aliphatic carboxylic acids is 1. The van der Waals surface area contributed by atoms with E-state index in [0.717, 1.165) is 5.56 Å². The van der Waals surface area contributed by atoms with Gasteiger partial charge in [0.25, 0.3) is 5.91 Å². The number of benzene rings is 3. The van der Waals surface area contributed by atoms with Crippen molar-refractivity contribution in [1.29, 1.82) is 5.26 Å². The molecule has 38 heavy (non-hydrogen) atoms. The molecule has 0 aliphatic carbocycles. The van der Waals surface area contributed by atoms with Crippen molar-refractivity contribution in [3.05, 3.63) is 92.5 Å². The molecule has 3 aromatic rings. The zero-order valence-corrected chi connectivity index (χ0v) is 22.2. The average Bonchev–Trinajstić information content (AvgIpc) is 2.87. The third-order valence-corrected chi connectivity index (χ3v) is 5.84. The van der Waals surface area contributed by atoms with Gasteiger partial charge in [-0.3, -0.25) is 14.4 Å². The lowest BCUT2D eigenvalue weighted by Crippen LogP contribution is -2.21. The van der Waals surface area contributed by atoms with Crippen LogP contribution in [0.3, 0.4) is 0 Å². The first kappa shape index (κ1) is 28.3. The number of ether oxygens (including phenoxy) is 1. The molecule has 0 spiro atoms. The minimum Gasteiger partial charge on any atom is -0.483 e. The van der Waals surface area contributed by atoms with E-state index in [0.29, 0.717) is 16.3 Å². The molecule has 7 nitrogen and oxygen atoms in total. The van der Waals surface area contributed by atoms with Crippen molar-refractivity contribution in [3.8, 4) is 23.7 Å². The van der Waals surface area contributed by atoms with E-state index in [4.69, 9.17) is 27.9 Å². The number of carboxylic acid groups (broad SMARTS) is 1. The van der Waals surface area contributed by atoms with Crippen LogP contribution in [0, 0.1) is 35.5 Å². The highest BCUT2D eigenvalue weighted by Gasteiger charge is 2.24. The number of hydrogen-bond donors (Lipinski definition) is 2. The van der Waals surface area contributed by atoms with Gasteiger partial charge in [-0.1, -0.05) is 35.0 Å². The van der Waals surface area contributed by atoms with Crippen LogP contribution >= 0.6 is 23.2 Å². The smallest absolute Gasteiger partial charge is 0.321 e. The molecule has 0 atom stereocenters. The Morgan fingerprint density at radius 3 is 2.39 bits per heavy atom. The number of rotatable bonds is 7. The standard InChI is InChI=1S/C29H22Cl2N2O5/c1-17-10-18(8-9-29(2,3)28(36)37)4-6-24(17)33-26(34)16-38-25-7-5-21(30)14-23(25)27(35)20-11-19(15-32)12-22(31)13-20/h4-7,10-14H,16H2,1-3H3,(H,33,34)(H,36,37). The largest absolute Gasteiger partial charge is 0.483 e. The molecule has 0 radical (unpaired) electrons. The normalized spacial score (nSPS) is 10.5. The van der Waals surface area contributed by atoms with Gasteiger partial charge < -0.3 is 15.2 Å². The first-order valence-electron chi connectivity index (χ1n) is 11.2. The average molecular weight is 549 g/mol. The Labute approximate surface area is 230 Å². The summed E-state index contributed by atoms with van der Waals surface area (Å²) in [5.74, 6) is 3.74. The predicted molar refractivity (Wildman–Crippen MR) is 145 cm³/mol. The Morgan fingerprint density at radius 1 is 1.00 bits per heavy atom. The Balaban J connectivity index is 1.74. The van der Waals surface area contributed by atoms with Crippen molar-refractivity contribution in [2.45, 2.75) is 20.8 Å². The Morgan fingerprint density at radius 2 is 1.74 bits per heavy atom. The van der Waals surface area contributed by atoms with E-state index in [1.807, 2.05) is 6.07 Å². The number of carbonyl (C=O) groups excluding carboxylic acids is 2. The van der Waals surface area contributed by atoms with Crippen LogP contribution in [0.4, 0.5) is 5.69 Å². The lowest BCUT2D eigenvalue weighted by atomic mass is 9.94. The number of hydrogen-bond acceptors (Lipinski definition) is 5. The van der Waals surface area contributed by atoms with Crippen LogP contribution in [-0.2, 0) is 9.59 Å². The molecule has 0 aromatic heterocycles. The van der Waals surface area contributed by atoms with Crippen LogP contribution in [0.2, 0.25) is 10.0 Å². The Hall–Kier alpha value is -4.30. The lowest BCUT2D eigenvalue weighted by Gasteiger charge is -2.13. The van der Waals surface area contributed by atoms with Gasteiger partial charge in [0, 0.05) is 26.9 Å². The maximum Gasteiger partial charge on any atom is 0.321 e. The maximum atomic E-state index is 13.2. The molecule has 0 heterocycles. The van der Waals surface area contributed by atoms with Crippen molar-refractivity contribution in [1.82, 2.24) is 0 Å². The molecule has 192 valence electrons. The molecule has 0 aliphatic rings. The molecule has 0 fully saturated rings. The number of nitrogens with zero attached hydrogens (tertiary/aromatic N) is 1. The van der Waals surface area contributed by atoms with E-state index in [-0.39, 0.29) is 27.5 Å². The molecule has 9 heteroatoms. The van der Waals surface area contributed by atoms with E-state index < -0.39 is 29.7 Å². The van der Waals surface area contributed by atoms with Gasteiger partial charge in [0.15, 0.2) is 12.4 Å². The number of halogens is 2. The minimum absolute atomic E-state index is 0.111. The van der Waals surface area contributed by atoms with Crippen LogP contribution < -0.4 is 10.1 Å². The van der Waals surface area contributed by atoms with Gasteiger partial charge in [-0.15, -0.1) is 0 Å². The molecule has 0 bridgehead atoms. The Kier molecular flexibility index (Phi) is 8.80. The van der Waals surface area contributed by atoms with Crippen LogP contribution in [0.5, 0.6) is 5.75 Å². The van der Waals surface area contributed by atoms with Crippen molar-refractivity contribution >= 4 is 46.5 Å². The van der Waals surface area contributed by atoms with E-state index in [1.54, 1.807) is 25.1 Å². The monoisotopic (exact) mass is 548 g/mol. The molecular formula is C29H22Cl2N2O5. The molecule has 0 saturated carbocycles. The van der Waals surface area contributed by atoms with Crippen molar-refractivity contribution in [2.75, 3.05) is 11.9 Å². The lowest BCUT2D eigenvalue weighted by molar-refractivity contribution is -0.143. The number of carbonyl (C=O) groups is 3. The SMILES string of the molecule is Cc1cc(C#CC(C)(C)C(=O)O)ccc1NC(=O)COc1ccc(Cl)cc1C(=O)c1cc(Cl)cc(C#N)c1. The number of nitriles is 1. The van der Waals surface area contributed by atoms with Crippen molar-refractivity contribution < 1.29 is 24.2 Å². The highest BCUT2D eigenvalue weighted by atomic mass is 35.5. The van der Waals surface area contributed by atoms with E-state index in [2.05, 4.69) is 17.2 Å². The highest BCUT2D eigenvalue weighted by Crippen LogP contribution is 2.27. The topological polar surface area (TPSA) is 116 Å². The van der Waals surface area contributed by atoms with Gasteiger partial charge in [-0.05, 0) is 80.9 Å². The minimum atomic E-state index is -1.19. The maximum absolute atomic E-state index is 13.2. The fourth-order valence-corrected chi connectivity index (χ4v) is 3.65. The van der Waals surface area contributed by atoms with Gasteiger partial charge in [0.1, 0.15) is 11.2 Å². The summed E-state index contributed by atoms with van der Waals surface area (Å²) in [6, 6.07) is 15.7. The predicted octanol–water partition coefficient (Wildman–Crippen LogP) is 5.88. The number of anilines is 1. The summed E-state index contributed by atoms with van der Waals surface area (Å²) in [6.07, 6.45) is 0. The third-order valence-electron chi connectivity index (χ3n) is 5.39. The molecular weight excluding hydrogens is 527 g/mol.